The van der Waals surface area contributed by atoms with E-state index in [1.54, 1.807) is 12.1 Å². The van der Waals surface area contributed by atoms with E-state index < -0.39 is 29.6 Å². The number of alkyl halides is 3. The van der Waals surface area contributed by atoms with Crippen molar-refractivity contribution in [2.45, 2.75) is 19.0 Å². The molecule has 0 radical (unpaired) electrons. The molecule has 6 heteroatoms. The van der Waals surface area contributed by atoms with Gasteiger partial charge in [0, 0.05) is 0 Å². The Morgan fingerprint density at radius 3 is 1.92 bits per heavy atom. The summed E-state index contributed by atoms with van der Waals surface area (Å²) in [6, 6.07) is 6.10. The van der Waals surface area contributed by atoms with Crippen molar-refractivity contribution in [1.82, 2.24) is 0 Å². The van der Waals surface area contributed by atoms with Crippen molar-refractivity contribution in [3.63, 3.8) is 0 Å². The van der Waals surface area contributed by atoms with Gasteiger partial charge in [0.05, 0.1) is 0 Å². The minimum atomic E-state index is -4.28. The SMILES string of the molecule is FC(F)(F)c1cccc[c]1[Ti+]([C]1=CC=CC1)[C]1=CC=CC1.N#C[S-]. The molecule has 2 aliphatic rings. The monoisotopic (exact) mass is 381 g/mol. The molecule has 0 bridgehead atoms. The van der Waals surface area contributed by atoms with Crippen molar-refractivity contribution < 1.29 is 31.0 Å². The van der Waals surface area contributed by atoms with Crippen molar-refractivity contribution in [3.8, 4) is 5.40 Å². The average Bonchev–Trinajstić information content (AvgIpc) is 3.22. The van der Waals surface area contributed by atoms with Crippen molar-refractivity contribution in [2.24, 2.45) is 0 Å². The molecule has 0 unspecified atom stereocenters. The topological polar surface area (TPSA) is 23.8 Å². The number of benzene rings is 1. The second-order valence-electron chi connectivity index (χ2n) is 5.16. The Balaban J connectivity index is 0.000000647. The van der Waals surface area contributed by atoms with Crippen LogP contribution in [0.4, 0.5) is 13.2 Å². The normalized spacial score (nSPS) is 15.2. The number of allylic oxidation sites excluding steroid dienone is 8. The van der Waals surface area contributed by atoms with E-state index in [9.17, 15) is 13.2 Å². The van der Waals surface area contributed by atoms with Gasteiger partial charge in [-0.2, -0.15) is 0 Å². The Hall–Kier alpha value is -1.61. The number of nitriles is 1. The van der Waals surface area contributed by atoms with Gasteiger partial charge in [-0.1, -0.05) is 5.40 Å². The van der Waals surface area contributed by atoms with E-state index in [1.165, 1.54) is 25.3 Å². The minimum Gasteiger partial charge on any atom is -0.696 e. The first kappa shape index (κ1) is 18.7. The molecule has 1 aromatic carbocycles. The molecule has 0 spiro atoms. The van der Waals surface area contributed by atoms with Gasteiger partial charge in [0.1, 0.15) is 0 Å². The second kappa shape index (κ2) is 8.48. The molecule has 3 rings (SSSR count). The van der Waals surface area contributed by atoms with Gasteiger partial charge in [-0.25, -0.2) is 5.26 Å². The van der Waals surface area contributed by atoms with E-state index in [1.807, 2.05) is 36.5 Å². The van der Waals surface area contributed by atoms with Crippen molar-refractivity contribution in [2.75, 3.05) is 0 Å². The van der Waals surface area contributed by atoms with Crippen LogP contribution in [0.2, 0.25) is 0 Å². The summed E-state index contributed by atoms with van der Waals surface area (Å²) >= 11 is 1.41. The fourth-order valence-electron chi connectivity index (χ4n) is 2.77. The molecule has 0 amide bonds. The first-order chi connectivity index (χ1) is 11.5. The van der Waals surface area contributed by atoms with Crippen LogP contribution in [0.25, 0.3) is 0 Å². The molecule has 0 heterocycles. The molecular formula is C18H14F3NSTi. The third kappa shape index (κ3) is 4.48. The molecule has 122 valence electrons. The quantitative estimate of drug-likeness (QED) is 0.432. The summed E-state index contributed by atoms with van der Waals surface area (Å²) in [7, 11) is 0. The Kier molecular flexibility index (Phi) is 6.62. The maximum absolute atomic E-state index is 13.3. The smallest absolute Gasteiger partial charge is 0.0797 e. The van der Waals surface area contributed by atoms with Crippen LogP contribution in [0.15, 0.2) is 68.5 Å². The summed E-state index contributed by atoms with van der Waals surface area (Å²) in [6.45, 7) is 0. The van der Waals surface area contributed by atoms with Gasteiger partial charge >= 0.3 is 128 Å². The van der Waals surface area contributed by atoms with Gasteiger partial charge in [0.25, 0.3) is 0 Å². The summed E-state index contributed by atoms with van der Waals surface area (Å²) < 4.78 is 42.9. The van der Waals surface area contributed by atoms with Gasteiger partial charge in [-0.3, -0.25) is 0 Å². The van der Waals surface area contributed by atoms with Gasteiger partial charge in [-0.15, -0.1) is 0 Å². The van der Waals surface area contributed by atoms with E-state index in [2.05, 4.69) is 12.6 Å². The summed E-state index contributed by atoms with van der Waals surface area (Å²) in [4.78, 5) is 0. The Morgan fingerprint density at radius 2 is 1.50 bits per heavy atom. The van der Waals surface area contributed by atoms with Crippen molar-refractivity contribution in [3.05, 3.63) is 74.0 Å². The van der Waals surface area contributed by atoms with Crippen molar-refractivity contribution in [1.29, 1.82) is 5.26 Å². The Morgan fingerprint density at radius 1 is 1.00 bits per heavy atom. The third-order valence-electron chi connectivity index (χ3n) is 3.69. The first-order valence-electron chi connectivity index (χ1n) is 7.26. The van der Waals surface area contributed by atoms with Gasteiger partial charge in [-0.05, 0) is 0 Å². The minimum absolute atomic E-state index is 0.458. The fourth-order valence-corrected chi connectivity index (χ4v) is 7.50. The molecule has 1 aromatic rings. The predicted molar refractivity (Wildman–Crippen MR) is 87.7 cm³/mol. The van der Waals surface area contributed by atoms with Gasteiger partial charge in [0.15, 0.2) is 0 Å². The molecule has 0 N–H and O–H groups in total. The predicted octanol–water partition coefficient (Wildman–Crippen LogP) is 4.65. The van der Waals surface area contributed by atoms with Crippen LogP contribution in [0.5, 0.6) is 0 Å². The maximum Gasteiger partial charge on any atom is -0.0797 e. The number of thiocyanates is 1. The molecular weight excluding hydrogens is 367 g/mol. The average molecular weight is 381 g/mol. The van der Waals surface area contributed by atoms with Crippen molar-refractivity contribution >= 4 is 16.5 Å². The molecule has 1 nitrogen and oxygen atoms in total. The summed E-state index contributed by atoms with van der Waals surface area (Å²) in [6.07, 6.45) is 9.31. The zero-order chi connectivity index (χ0) is 17.6. The number of rotatable bonds is 3. The van der Waals surface area contributed by atoms with Crippen LogP contribution in [0.1, 0.15) is 18.4 Å². The molecule has 24 heavy (non-hydrogen) atoms. The van der Waals surface area contributed by atoms with E-state index in [0.29, 0.717) is 3.87 Å². The van der Waals surface area contributed by atoms with Crippen LogP contribution in [0, 0.1) is 10.7 Å². The van der Waals surface area contributed by atoms with Crippen LogP contribution in [-0.4, -0.2) is 0 Å². The molecule has 0 saturated heterocycles. The molecule has 0 fully saturated rings. The van der Waals surface area contributed by atoms with Crippen LogP contribution in [0.3, 0.4) is 0 Å². The van der Waals surface area contributed by atoms with Crippen LogP contribution in [-0.2, 0) is 36.7 Å². The zero-order valence-corrected chi connectivity index (χ0v) is 15.1. The zero-order valence-electron chi connectivity index (χ0n) is 12.7. The molecule has 0 aromatic heterocycles. The van der Waals surface area contributed by atoms with Gasteiger partial charge in [0.2, 0.25) is 0 Å². The summed E-state index contributed by atoms with van der Waals surface area (Å²) in [5, 5.41) is 8.47. The van der Waals surface area contributed by atoms with Gasteiger partial charge < -0.3 is 12.6 Å². The number of hydrogen-bond donors (Lipinski definition) is 0. The number of halogens is 3. The second-order valence-corrected chi connectivity index (χ2v) is 9.36. The molecule has 0 saturated carbocycles. The maximum atomic E-state index is 13.3. The van der Waals surface area contributed by atoms with Crippen LogP contribution >= 0.6 is 0 Å². The summed E-state index contributed by atoms with van der Waals surface area (Å²) in [5.74, 6) is 0. The number of hydrogen-bond acceptors (Lipinski definition) is 2. The third-order valence-corrected chi connectivity index (χ3v) is 8.37. The summed E-state index contributed by atoms with van der Waals surface area (Å²) in [5.41, 5.74) is -0.458. The molecule has 0 atom stereocenters. The van der Waals surface area contributed by atoms with E-state index in [-0.39, 0.29) is 0 Å². The van der Waals surface area contributed by atoms with E-state index in [4.69, 9.17) is 5.26 Å². The van der Waals surface area contributed by atoms with E-state index in [0.717, 1.165) is 12.8 Å². The van der Waals surface area contributed by atoms with E-state index >= 15 is 0 Å². The molecule has 2 aliphatic carbocycles. The largest absolute Gasteiger partial charge is 0.696 e. The standard InChI is InChI=1S/C7H4F3.2C5H5.CHNS.Ti/c8-7(9,10)6-4-2-1-3-5-6;2*1-2-4-5-3-1;2-1-3;/h1-4H;2*1-3H,4H2;3H;/q;;;;+1/p-1. The van der Waals surface area contributed by atoms with Crippen LogP contribution < -0.4 is 3.87 Å². The molecule has 0 aliphatic heterocycles. The first-order valence-corrected chi connectivity index (χ1v) is 10.0. The fraction of sp³-hybridized carbons (Fsp3) is 0.167. The Bertz CT molecular complexity index is 724. The Labute approximate surface area is 151 Å². The number of nitrogens with zero attached hydrogens (tertiary/aromatic N) is 1.